The molecule has 0 atom stereocenters. The van der Waals surface area contributed by atoms with Crippen molar-refractivity contribution in [1.82, 2.24) is 5.43 Å². The van der Waals surface area contributed by atoms with Gasteiger partial charge in [-0.25, -0.2) is 5.43 Å². The van der Waals surface area contributed by atoms with E-state index in [1.807, 2.05) is 18.2 Å². The van der Waals surface area contributed by atoms with Crippen LogP contribution in [0, 0.1) is 0 Å². The Labute approximate surface area is 174 Å². The number of hydrogen-bond acceptors (Lipinski definition) is 6. The van der Waals surface area contributed by atoms with Crippen molar-refractivity contribution < 1.29 is 19.8 Å². The van der Waals surface area contributed by atoms with Gasteiger partial charge in [-0.3, -0.25) is 14.6 Å². The maximum Gasteiger partial charge on any atom is 0.307 e. The average molecular weight is 405 g/mol. The van der Waals surface area contributed by atoms with Gasteiger partial charge in [-0.05, 0) is 54.2 Å². The molecule has 1 aliphatic carbocycles. The van der Waals surface area contributed by atoms with Crippen LogP contribution in [0.4, 0.5) is 0 Å². The van der Waals surface area contributed by atoms with E-state index in [1.54, 1.807) is 0 Å². The topological polar surface area (TPSA) is 111 Å². The molecule has 1 heterocycles. The molecule has 2 aromatic rings. The number of carbonyl (C=O) groups is 2. The van der Waals surface area contributed by atoms with Gasteiger partial charge in [-0.15, -0.1) is 0 Å². The second-order valence-electron chi connectivity index (χ2n) is 7.87. The van der Waals surface area contributed by atoms with Crippen molar-refractivity contribution in [2.45, 2.75) is 44.1 Å². The smallest absolute Gasteiger partial charge is 0.307 e. The first kappa shape index (κ1) is 19.8. The van der Waals surface area contributed by atoms with Crippen molar-refractivity contribution >= 4 is 23.6 Å². The van der Waals surface area contributed by atoms with E-state index in [0.29, 0.717) is 11.3 Å². The third-order valence-corrected chi connectivity index (χ3v) is 5.71. The van der Waals surface area contributed by atoms with E-state index in [1.165, 1.54) is 30.0 Å². The highest BCUT2D eigenvalue weighted by Gasteiger charge is 2.38. The Morgan fingerprint density at radius 3 is 2.63 bits per heavy atom. The Bertz CT molecular complexity index is 1050. The molecule has 0 saturated heterocycles. The van der Waals surface area contributed by atoms with Crippen molar-refractivity contribution in [2.24, 2.45) is 10.1 Å². The van der Waals surface area contributed by atoms with Gasteiger partial charge in [0.2, 0.25) is 5.78 Å². The number of phenols is 2. The minimum absolute atomic E-state index is 0.0693. The Hall–Kier alpha value is -3.48. The summed E-state index contributed by atoms with van der Waals surface area (Å²) in [6.07, 6.45) is 6.38. The van der Waals surface area contributed by atoms with Crippen LogP contribution in [0.1, 0.15) is 48.8 Å². The molecule has 154 valence electrons. The van der Waals surface area contributed by atoms with Gasteiger partial charge in [-0.1, -0.05) is 37.1 Å². The number of carbonyl (C=O) groups excluding carboxylic acids is 2. The Balaban J connectivity index is 1.45. The van der Waals surface area contributed by atoms with Crippen LogP contribution >= 0.6 is 0 Å². The zero-order valence-electron chi connectivity index (χ0n) is 16.5. The molecule has 0 radical (unpaired) electrons. The lowest BCUT2D eigenvalue weighted by molar-refractivity contribution is -0.137. The largest absolute Gasteiger partial charge is 0.504 e. The van der Waals surface area contributed by atoms with E-state index < -0.39 is 11.7 Å². The quantitative estimate of drug-likeness (QED) is 0.307. The molecule has 1 saturated carbocycles. The van der Waals surface area contributed by atoms with Crippen LogP contribution in [0.5, 0.6) is 11.5 Å². The predicted molar refractivity (Wildman–Crippen MR) is 113 cm³/mol. The third-order valence-electron chi connectivity index (χ3n) is 5.71. The van der Waals surface area contributed by atoms with Gasteiger partial charge < -0.3 is 10.2 Å². The first-order chi connectivity index (χ1) is 14.5. The first-order valence-electron chi connectivity index (χ1n) is 10.0. The zero-order chi connectivity index (χ0) is 21.1. The molecule has 7 heteroatoms. The van der Waals surface area contributed by atoms with E-state index in [-0.39, 0.29) is 23.5 Å². The number of benzene rings is 2. The summed E-state index contributed by atoms with van der Waals surface area (Å²) in [5, 5.41) is 22.6. The summed E-state index contributed by atoms with van der Waals surface area (Å²) in [6, 6.07) is 12.1. The van der Waals surface area contributed by atoms with Crippen molar-refractivity contribution in [2.75, 3.05) is 0 Å². The Morgan fingerprint density at radius 1 is 1.10 bits per heavy atom. The van der Waals surface area contributed by atoms with Gasteiger partial charge in [0.25, 0.3) is 0 Å². The highest BCUT2D eigenvalue weighted by atomic mass is 16.3. The van der Waals surface area contributed by atoms with Gasteiger partial charge >= 0.3 is 5.91 Å². The lowest BCUT2D eigenvalue weighted by Crippen LogP contribution is -2.35. The SMILES string of the molecule is O=C(CC1=NC2(CCCC2)Cc2ccccc21)C(=O)N/N=C/c1ccc(O)c(O)c1. The normalized spacial score (nSPS) is 17.0. The maximum absolute atomic E-state index is 12.5. The number of fused-ring (bicyclic) bond motifs is 1. The van der Waals surface area contributed by atoms with Crippen molar-refractivity contribution in [1.29, 1.82) is 0 Å². The van der Waals surface area contributed by atoms with E-state index >= 15 is 0 Å². The fourth-order valence-corrected chi connectivity index (χ4v) is 4.23. The number of rotatable bonds is 5. The molecule has 0 unspecified atom stereocenters. The van der Waals surface area contributed by atoms with Crippen molar-refractivity contribution in [3.63, 3.8) is 0 Å². The minimum Gasteiger partial charge on any atom is -0.504 e. The number of phenolic OH excluding ortho intramolecular Hbond substituents is 2. The summed E-state index contributed by atoms with van der Waals surface area (Å²) in [5.41, 5.74) is 5.35. The highest BCUT2D eigenvalue weighted by Crippen LogP contribution is 2.40. The number of amides is 1. The van der Waals surface area contributed by atoms with E-state index in [4.69, 9.17) is 4.99 Å². The molecule has 4 rings (SSSR count). The molecule has 1 amide bonds. The molecule has 1 spiro atoms. The molecule has 0 aromatic heterocycles. The summed E-state index contributed by atoms with van der Waals surface area (Å²) in [5.74, 6) is -1.97. The van der Waals surface area contributed by atoms with Crippen LogP contribution in [0.2, 0.25) is 0 Å². The summed E-state index contributed by atoms with van der Waals surface area (Å²) in [7, 11) is 0. The van der Waals surface area contributed by atoms with Gasteiger partial charge in [0.1, 0.15) is 0 Å². The molecule has 2 aliphatic rings. The first-order valence-corrected chi connectivity index (χ1v) is 10.0. The number of nitrogens with zero attached hydrogens (tertiary/aromatic N) is 2. The second-order valence-corrected chi connectivity index (χ2v) is 7.87. The molecular weight excluding hydrogens is 382 g/mol. The van der Waals surface area contributed by atoms with Gasteiger partial charge in [0.15, 0.2) is 11.5 Å². The standard InChI is InChI=1S/C23H23N3O4/c27-19-8-7-15(11-20(19)28)14-24-26-22(30)21(29)12-18-17-6-2-1-5-16(17)13-23(25-18)9-3-4-10-23/h1-2,5-8,11,14,27-28H,3-4,9-10,12-13H2,(H,26,30)/b24-14+. The monoisotopic (exact) mass is 405 g/mol. The number of Topliss-reactive ketones (excluding diaryl/α,β-unsaturated/α-hetero) is 1. The number of nitrogens with one attached hydrogen (secondary N) is 1. The molecule has 1 fully saturated rings. The van der Waals surface area contributed by atoms with E-state index in [0.717, 1.165) is 37.7 Å². The number of hydrazone groups is 1. The average Bonchev–Trinajstić information content (AvgIpc) is 3.17. The number of aliphatic imine (C=N–C) groups is 1. The lowest BCUT2D eigenvalue weighted by atomic mass is 9.82. The molecular formula is C23H23N3O4. The zero-order valence-corrected chi connectivity index (χ0v) is 16.5. The van der Waals surface area contributed by atoms with Gasteiger partial charge in [0.05, 0.1) is 23.9 Å². The van der Waals surface area contributed by atoms with Crippen LogP contribution in [-0.2, 0) is 16.0 Å². The van der Waals surface area contributed by atoms with Crippen molar-refractivity contribution in [3.05, 3.63) is 59.2 Å². The summed E-state index contributed by atoms with van der Waals surface area (Å²) < 4.78 is 0. The molecule has 2 aromatic carbocycles. The number of ketones is 1. The minimum atomic E-state index is -0.819. The lowest BCUT2D eigenvalue weighted by Gasteiger charge is -2.32. The molecule has 7 nitrogen and oxygen atoms in total. The second kappa shape index (κ2) is 8.10. The molecule has 1 aliphatic heterocycles. The van der Waals surface area contributed by atoms with Gasteiger partial charge in [-0.2, -0.15) is 5.10 Å². The third kappa shape index (κ3) is 4.10. The fraction of sp³-hybridized carbons (Fsp3) is 0.304. The Kier molecular flexibility index (Phi) is 5.35. The predicted octanol–water partition coefficient (Wildman–Crippen LogP) is 2.87. The fourth-order valence-electron chi connectivity index (χ4n) is 4.23. The van der Waals surface area contributed by atoms with Crippen LogP contribution in [0.3, 0.4) is 0 Å². The van der Waals surface area contributed by atoms with Crippen molar-refractivity contribution in [3.8, 4) is 11.5 Å². The highest BCUT2D eigenvalue weighted by molar-refractivity contribution is 6.40. The summed E-state index contributed by atoms with van der Waals surface area (Å²) >= 11 is 0. The van der Waals surface area contributed by atoms with Crippen LogP contribution < -0.4 is 5.43 Å². The Morgan fingerprint density at radius 2 is 1.87 bits per heavy atom. The molecule has 0 bridgehead atoms. The number of hydrogen-bond donors (Lipinski definition) is 3. The van der Waals surface area contributed by atoms with Crippen LogP contribution in [-0.4, -0.2) is 39.4 Å². The summed E-state index contributed by atoms with van der Waals surface area (Å²) in [6.45, 7) is 0. The maximum atomic E-state index is 12.5. The molecule has 3 N–H and O–H groups in total. The van der Waals surface area contributed by atoms with E-state index in [9.17, 15) is 19.8 Å². The van der Waals surface area contributed by atoms with E-state index in [2.05, 4.69) is 16.6 Å². The molecule has 30 heavy (non-hydrogen) atoms. The van der Waals surface area contributed by atoms with Crippen LogP contribution in [0.15, 0.2) is 52.6 Å². The van der Waals surface area contributed by atoms with Gasteiger partial charge in [0, 0.05) is 0 Å². The summed E-state index contributed by atoms with van der Waals surface area (Å²) in [4.78, 5) is 29.7. The number of aromatic hydroxyl groups is 2. The van der Waals surface area contributed by atoms with Crippen LogP contribution in [0.25, 0.3) is 0 Å².